The van der Waals surface area contributed by atoms with Gasteiger partial charge in [0.25, 0.3) is 14.8 Å². The molecule has 4 rings (SSSR count). The fourth-order valence-corrected chi connectivity index (χ4v) is 4.21. The zero-order valence-electron chi connectivity index (χ0n) is 27.1. The van der Waals surface area contributed by atoms with Gasteiger partial charge in [-0.1, -0.05) is 43.2 Å². The zero-order chi connectivity index (χ0) is 33.5. The van der Waals surface area contributed by atoms with Crippen molar-refractivity contribution in [3.8, 4) is 0 Å². The summed E-state index contributed by atoms with van der Waals surface area (Å²) in [4.78, 5) is 31.3. The number of carbonyl (C=O) groups is 1. The lowest BCUT2D eigenvalue weighted by Crippen LogP contribution is -2.20. The molecule has 45 heavy (non-hydrogen) atoms. The molecule has 254 valence electrons. The van der Waals surface area contributed by atoms with Crippen molar-refractivity contribution in [3.05, 3.63) is 48.5 Å². The minimum atomic E-state index is -1.67. The number of aliphatic hydroxyl groups is 2. The van der Waals surface area contributed by atoms with Crippen LogP contribution in [-0.2, 0) is 30.1 Å². The minimum Gasteiger partial charge on any atom is -0.463 e. The van der Waals surface area contributed by atoms with Crippen LogP contribution in [0.25, 0.3) is 11.2 Å². The van der Waals surface area contributed by atoms with Crippen LogP contribution in [0.5, 0.6) is 0 Å². The number of nitrogen functional groups attached to an aromatic ring is 1. The largest absolute Gasteiger partial charge is 0.463 e. The molecule has 1 saturated heterocycles. The van der Waals surface area contributed by atoms with Gasteiger partial charge in [-0.2, -0.15) is 0 Å². The van der Waals surface area contributed by atoms with Crippen LogP contribution in [0.3, 0.4) is 0 Å². The quantitative estimate of drug-likeness (QED) is 0.0735. The number of fused-ring (bicyclic) bond motifs is 1. The first-order valence-corrected chi connectivity index (χ1v) is 16.8. The molecule has 0 amide bonds. The highest BCUT2D eigenvalue weighted by molar-refractivity contribution is 7.45. The Kier molecular flexibility index (Phi) is 21.0. The van der Waals surface area contributed by atoms with E-state index in [0.29, 0.717) is 43.3 Å². The van der Waals surface area contributed by atoms with Crippen LogP contribution < -0.4 is 11.1 Å². The van der Waals surface area contributed by atoms with E-state index in [-0.39, 0.29) is 12.3 Å². The van der Waals surface area contributed by atoms with Crippen LogP contribution in [0.2, 0.25) is 0 Å². The summed E-state index contributed by atoms with van der Waals surface area (Å²) in [5.41, 5.74) is 8.03. The van der Waals surface area contributed by atoms with Crippen molar-refractivity contribution in [2.24, 2.45) is 0 Å². The first kappa shape index (κ1) is 40.2. The predicted molar refractivity (Wildman–Crippen MR) is 175 cm³/mol. The summed E-state index contributed by atoms with van der Waals surface area (Å²) in [5.74, 6) is -0.592. The summed E-state index contributed by atoms with van der Waals surface area (Å²) in [7, 11) is 1.75. The third kappa shape index (κ3) is 18.1. The SMILES string of the molecule is CNCCCCCCO.COC(C)(C)O.C[PH+](O)OCC1CCC(n2cnc3c(N)ncnc32)O1.O=COCc1ccccc1. The molecule has 3 heterocycles. The number of unbranched alkanes of at least 4 members (excludes halogenated alkanes) is 3. The molecule has 1 aliphatic heterocycles. The highest BCUT2D eigenvalue weighted by Crippen LogP contribution is 2.33. The summed E-state index contributed by atoms with van der Waals surface area (Å²) in [6, 6.07) is 9.55. The van der Waals surface area contributed by atoms with Gasteiger partial charge < -0.3 is 35.5 Å². The van der Waals surface area contributed by atoms with Crippen molar-refractivity contribution < 1.29 is 38.6 Å². The van der Waals surface area contributed by atoms with Crippen molar-refractivity contribution in [2.45, 2.75) is 77.1 Å². The second kappa shape index (κ2) is 23.5. The van der Waals surface area contributed by atoms with E-state index in [1.54, 1.807) is 26.8 Å². The average Bonchev–Trinajstić information content (AvgIpc) is 3.68. The van der Waals surface area contributed by atoms with E-state index < -0.39 is 14.2 Å². The predicted octanol–water partition coefficient (Wildman–Crippen LogP) is 3.25. The maximum atomic E-state index is 9.76. The van der Waals surface area contributed by atoms with Gasteiger partial charge in [0.1, 0.15) is 31.3 Å². The van der Waals surface area contributed by atoms with Crippen molar-refractivity contribution >= 4 is 31.8 Å². The topological polar surface area (TPSA) is 196 Å². The van der Waals surface area contributed by atoms with Crippen molar-refractivity contribution in [1.29, 1.82) is 0 Å². The number of aliphatic hydroxyl groups excluding tert-OH is 1. The number of nitrogens with two attached hydrogens (primary N) is 1. The molecule has 3 unspecified atom stereocenters. The fourth-order valence-electron chi connectivity index (χ4n) is 3.78. The summed E-state index contributed by atoms with van der Waals surface area (Å²) < 4.78 is 22.1. The van der Waals surface area contributed by atoms with Gasteiger partial charge in [-0.05, 0) is 58.7 Å². The van der Waals surface area contributed by atoms with E-state index in [1.165, 1.54) is 26.3 Å². The number of rotatable bonds is 14. The van der Waals surface area contributed by atoms with Gasteiger partial charge in [0.05, 0.1) is 19.1 Å². The van der Waals surface area contributed by atoms with E-state index >= 15 is 0 Å². The number of anilines is 1. The summed E-state index contributed by atoms with van der Waals surface area (Å²) in [5, 5.41) is 20.1. The van der Waals surface area contributed by atoms with Crippen LogP contribution in [0, 0.1) is 0 Å². The zero-order valence-corrected chi connectivity index (χ0v) is 28.1. The van der Waals surface area contributed by atoms with Crippen LogP contribution >= 0.6 is 8.38 Å². The van der Waals surface area contributed by atoms with Crippen LogP contribution in [0.1, 0.15) is 64.2 Å². The van der Waals surface area contributed by atoms with E-state index in [4.69, 9.17) is 25.2 Å². The van der Waals surface area contributed by atoms with Crippen LogP contribution in [-0.4, -0.2) is 93.6 Å². The summed E-state index contributed by atoms with van der Waals surface area (Å²) >= 11 is 0. The molecule has 2 aromatic heterocycles. The van der Waals surface area contributed by atoms with Gasteiger partial charge in [0.15, 0.2) is 17.3 Å². The maximum absolute atomic E-state index is 9.76. The van der Waals surface area contributed by atoms with E-state index in [9.17, 15) is 9.69 Å². The molecule has 14 nitrogen and oxygen atoms in total. The number of hydrogen-bond donors (Lipinski definition) is 5. The normalized spacial score (nSPS) is 16.4. The Morgan fingerprint density at radius 2 is 1.84 bits per heavy atom. The maximum Gasteiger partial charge on any atom is 0.293 e. The molecule has 0 bridgehead atoms. The number of methoxy groups -OCH3 is 1. The molecule has 3 aromatic rings. The molecule has 15 heteroatoms. The number of carbonyl (C=O) groups excluding carboxylic acids is 1. The number of nitrogens with one attached hydrogen (secondary N) is 1. The molecule has 0 aliphatic carbocycles. The second-order valence-corrected chi connectivity index (χ2v) is 11.8. The molecule has 1 aliphatic rings. The van der Waals surface area contributed by atoms with Crippen LogP contribution in [0.15, 0.2) is 43.0 Å². The highest BCUT2D eigenvalue weighted by atomic mass is 31.2. The van der Waals surface area contributed by atoms with Crippen molar-refractivity contribution in [3.63, 3.8) is 0 Å². The first-order valence-electron chi connectivity index (χ1n) is 14.9. The molecule has 1 fully saturated rings. The minimum absolute atomic E-state index is 0.0104. The van der Waals surface area contributed by atoms with E-state index in [2.05, 4.69) is 29.7 Å². The van der Waals surface area contributed by atoms with Crippen molar-refractivity contribution in [1.82, 2.24) is 24.8 Å². The Hall–Kier alpha value is -2.81. The van der Waals surface area contributed by atoms with Gasteiger partial charge in [-0.15, -0.1) is 0 Å². The standard InChI is InChI=1S/C11H16N5O3P.C8H8O2.C7H17NO.C4H10O2/c1-20(17)18-4-7-2-3-8(19-7)16-6-15-9-10(12)13-5-14-11(9)16;9-7-10-6-8-4-2-1-3-5-8;1-8-6-4-2-3-5-7-9;1-4(2,5)6-3/h5-8,17H,2-4H2,1H3,(H2,12,13,14);1-5,7H,6H2;8-9H,2-7H2,1H3;5H,1-3H3/p+1. The molecule has 0 saturated carbocycles. The number of nitrogens with zero attached hydrogens (tertiary/aromatic N) is 4. The summed E-state index contributed by atoms with van der Waals surface area (Å²) in [6.07, 6.45) is 9.27. The average molecular weight is 656 g/mol. The molecular weight excluding hydrogens is 603 g/mol. The van der Waals surface area contributed by atoms with Gasteiger partial charge >= 0.3 is 0 Å². The summed E-state index contributed by atoms with van der Waals surface area (Å²) in [6.45, 7) is 7.52. The van der Waals surface area contributed by atoms with E-state index in [1.807, 2.05) is 41.9 Å². The molecular formula is C30H52N6O8P+. The lowest BCUT2D eigenvalue weighted by molar-refractivity contribution is -0.155. The monoisotopic (exact) mass is 655 g/mol. The Morgan fingerprint density at radius 3 is 2.44 bits per heavy atom. The van der Waals surface area contributed by atoms with Gasteiger partial charge in [-0.3, -0.25) is 9.36 Å². The molecule has 0 spiro atoms. The molecule has 6 N–H and O–H groups in total. The number of ether oxygens (including phenoxy) is 3. The fraction of sp³-hybridized carbons (Fsp3) is 0.600. The Labute approximate surface area is 267 Å². The Bertz CT molecular complexity index is 1160. The first-order chi connectivity index (χ1) is 21.6. The molecule has 0 radical (unpaired) electrons. The second-order valence-electron chi connectivity index (χ2n) is 10.5. The third-order valence-electron chi connectivity index (χ3n) is 6.26. The molecule has 3 atom stereocenters. The smallest absolute Gasteiger partial charge is 0.293 e. The number of benzene rings is 1. The highest BCUT2D eigenvalue weighted by Gasteiger charge is 2.29. The Balaban J connectivity index is 0.000000341. The number of hydrogen-bond acceptors (Lipinski definition) is 13. The van der Waals surface area contributed by atoms with Gasteiger partial charge in [-0.25, -0.2) is 24.4 Å². The van der Waals surface area contributed by atoms with Crippen LogP contribution in [0.4, 0.5) is 5.82 Å². The van der Waals surface area contributed by atoms with Gasteiger partial charge in [0, 0.05) is 13.7 Å². The lowest BCUT2D eigenvalue weighted by atomic mass is 10.2. The van der Waals surface area contributed by atoms with Crippen molar-refractivity contribution in [2.75, 3.05) is 46.3 Å². The lowest BCUT2D eigenvalue weighted by Gasteiger charge is -2.14. The Morgan fingerprint density at radius 1 is 1.16 bits per heavy atom. The van der Waals surface area contributed by atoms with E-state index in [0.717, 1.165) is 37.8 Å². The van der Waals surface area contributed by atoms with Gasteiger partial charge in [0.2, 0.25) is 0 Å². The molecule has 1 aromatic carbocycles. The third-order valence-corrected chi connectivity index (χ3v) is 6.84. The number of imidazole rings is 1. The number of aromatic nitrogens is 4.